The van der Waals surface area contributed by atoms with Crippen LogP contribution < -0.4 is 0 Å². The second kappa shape index (κ2) is 5.59. The van der Waals surface area contributed by atoms with Gasteiger partial charge in [0.1, 0.15) is 11.9 Å². The van der Waals surface area contributed by atoms with Crippen LogP contribution in [0.4, 0.5) is 0 Å². The molecule has 4 heteroatoms. The molecular formula is C13H20INO2. The molecule has 1 amide bonds. The SMILES string of the molecule is CC1=C(C(=O)N2CCCCC2)CC(C(C)I)O1. The van der Waals surface area contributed by atoms with Crippen molar-refractivity contribution in [2.45, 2.75) is 49.6 Å². The smallest absolute Gasteiger partial charge is 0.253 e. The minimum absolute atomic E-state index is 0.180. The molecule has 0 saturated carbocycles. The Labute approximate surface area is 117 Å². The summed E-state index contributed by atoms with van der Waals surface area (Å²) in [5, 5.41) is 0. The number of allylic oxidation sites excluding steroid dienone is 1. The number of amides is 1. The number of alkyl halides is 1. The molecule has 0 aromatic rings. The lowest BCUT2D eigenvalue weighted by molar-refractivity contribution is -0.128. The van der Waals surface area contributed by atoms with Gasteiger partial charge in [0.15, 0.2) is 0 Å². The Bertz CT molecular complexity index is 332. The molecule has 0 aliphatic carbocycles. The molecule has 2 rings (SSSR count). The van der Waals surface area contributed by atoms with E-state index in [9.17, 15) is 4.79 Å². The Morgan fingerprint density at radius 1 is 1.41 bits per heavy atom. The monoisotopic (exact) mass is 349 g/mol. The van der Waals surface area contributed by atoms with Crippen LogP contribution in [0, 0.1) is 0 Å². The highest BCUT2D eigenvalue weighted by Gasteiger charge is 2.32. The summed E-state index contributed by atoms with van der Waals surface area (Å²) in [6.45, 7) is 5.89. The topological polar surface area (TPSA) is 29.5 Å². The van der Waals surface area contributed by atoms with Crippen LogP contribution in [0.2, 0.25) is 0 Å². The van der Waals surface area contributed by atoms with E-state index < -0.39 is 0 Å². The van der Waals surface area contributed by atoms with E-state index >= 15 is 0 Å². The number of carbonyl (C=O) groups is 1. The van der Waals surface area contributed by atoms with Gasteiger partial charge in [-0.1, -0.05) is 22.6 Å². The molecule has 3 nitrogen and oxygen atoms in total. The van der Waals surface area contributed by atoms with Gasteiger partial charge in [-0.25, -0.2) is 0 Å². The molecular weight excluding hydrogens is 329 g/mol. The summed E-state index contributed by atoms with van der Waals surface area (Å²) in [4.78, 5) is 14.4. The largest absolute Gasteiger partial charge is 0.493 e. The summed E-state index contributed by atoms with van der Waals surface area (Å²) >= 11 is 2.37. The quantitative estimate of drug-likeness (QED) is 0.567. The summed E-state index contributed by atoms with van der Waals surface area (Å²) in [5.41, 5.74) is 0.903. The standard InChI is InChI=1S/C13H20INO2/c1-9(14)12-8-11(10(2)17-12)13(16)15-6-4-3-5-7-15/h9,12H,3-8H2,1-2H3. The molecule has 2 unspecified atom stereocenters. The molecule has 0 bridgehead atoms. The third-order valence-electron chi connectivity index (χ3n) is 3.57. The first-order valence-corrected chi connectivity index (χ1v) is 7.64. The van der Waals surface area contributed by atoms with Crippen LogP contribution in [0.1, 0.15) is 39.5 Å². The van der Waals surface area contributed by atoms with Gasteiger partial charge in [-0.2, -0.15) is 0 Å². The lowest BCUT2D eigenvalue weighted by Gasteiger charge is -2.27. The zero-order chi connectivity index (χ0) is 12.4. The molecule has 2 atom stereocenters. The van der Waals surface area contributed by atoms with Crippen molar-refractivity contribution in [2.24, 2.45) is 0 Å². The van der Waals surface area contributed by atoms with Gasteiger partial charge >= 0.3 is 0 Å². The van der Waals surface area contributed by atoms with Crippen molar-refractivity contribution >= 4 is 28.5 Å². The van der Waals surface area contributed by atoms with E-state index in [2.05, 4.69) is 29.5 Å². The first-order valence-electron chi connectivity index (χ1n) is 6.39. The molecule has 1 saturated heterocycles. The van der Waals surface area contributed by atoms with Gasteiger partial charge in [0.2, 0.25) is 0 Å². The van der Waals surface area contributed by atoms with Crippen LogP contribution in [0.5, 0.6) is 0 Å². The van der Waals surface area contributed by atoms with E-state index in [0.717, 1.165) is 43.7 Å². The van der Waals surface area contributed by atoms with Gasteiger partial charge < -0.3 is 9.64 Å². The Kier molecular flexibility index (Phi) is 4.33. The maximum atomic E-state index is 12.4. The van der Waals surface area contributed by atoms with Crippen LogP contribution in [-0.4, -0.2) is 33.9 Å². The number of rotatable bonds is 2. The molecule has 2 aliphatic heterocycles. The fraction of sp³-hybridized carbons (Fsp3) is 0.769. The first kappa shape index (κ1) is 13.2. The van der Waals surface area contributed by atoms with Crippen molar-refractivity contribution in [1.29, 1.82) is 0 Å². The lowest BCUT2D eigenvalue weighted by Crippen LogP contribution is -2.36. The van der Waals surface area contributed by atoms with Crippen molar-refractivity contribution in [3.05, 3.63) is 11.3 Å². The van der Waals surface area contributed by atoms with E-state index in [0.29, 0.717) is 3.92 Å². The fourth-order valence-corrected chi connectivity index (χ4v) is 2.87. The summed E-state index contributed by atoms with van der Waals surface area (Å²) < 4.78 is 6.21. The molecule has 2 heterocycles. The van der Waals surface area contributed by atoms with Gasteiger partial charge in [-0.15, -0.1) is 0 Å². The summed E-state index contributed by atoms with van der Waals surface area (Å²) in [6, 6.07) is 0. The highest BCUT2D eigenvalue weighted by atomic mass is 127. The maximum absolute atomic E-state index is 12.4. The Morgan fingerprint density at radius 3 is 2.59 bits per heavy atom. The number of ether oxygens (including phenoxy) is 1. The van der Waals surface area contributed by atoms with Gasteiger partial charge in [0, 0.05) is 23.4 Å². The Hall–Kier alpha value is -0.260. The van der Waals surface area contributed by atoms with Gasteiger partial charge in [-0.05, 0) is 33.1 Å². The minimum Gasteiger partial charge on any atom is -0.493 e. The van der Waals surface area contributed by atoms with Gasteiger partial charge in [-0.3, -0.25) is 4.79 Å². The normalized spacial score (nSPS) is 27.0. The highest BCUT2D eigenvalue weighted by molar-refractivity contribution is 14.1. The third kappa shape index (κ3) is 2.95. The number of carbonyl (C=O) groups excluding carboxylic acids is 1. The maximum Gasteiger partial charge on any atom is 0.253 e. The Balaban J connectivity index is 2.01. The lowest BCUT2D eigenvalue weighted by atomic mass is 10.0. The van der Waals surface area contributed by atoms with E-state index in [1.54, 1.807) is 0 Å². The van der Waals surface area contributed by atoms with Crippen molar-refractivity contribution in [3.8, 4) is 0 Å². The molecule has 0 spiro atoms. The number of hydrogen-bond donors (Lipinski definition) is 0. The Morgan fingerprint density at radius 2 is 2.06 bits per heavy atom. The molecule has 0 radical (unpaired) electrons. The number of piperidine rings is 1. The van der Waals surface area contributed by atoms with Crippen LogP contribution in [0.3, 0.4) is 0 Å². The van der Waals surface area contributed by atoms with Crippen molar-refractivity contribution in [3.63, 3.8) is 0 Å². The summed E-state index contributed by atoms with van der Waals surface area (Å²) in [5.74, 6) is 1.05. The van der Waals surface area contributed by atoms with Crippen LogP contribution in [-0.2, 0) is 9.53 Å². The third-order valence-corrected chi connectivity index (χ3v) is 4.37. The molecule has 0 aromatic carbocycles. The zero-order valence-electron chi connectivity index (χ0n) is 10.5. The van der Waals surface area contributed by atoms with E-state index in [4.69, 9.17) is 4.74 Å². The van der Waals surface area contributed by atoms with E-state index in [-0.39, 0.29) is 12.0 Å². The summed E-state index contributed by atoms with van der Waals surface area (Å²) in [7, 11) is 0. The predicted molar refractivity (Wildman–Crippen MR) is 76.1 cm³/mol. The average Bonchev–Trinajstić information content (AvgIpc) is 2.72. The van der Waals surface area contributed by atoms with Crippen molar-refractivity contribution in [1.82, 2.24) is 4.90 Å². The summed E-state index contributed by atoms with van der Waals surface area (Å²) in [6.07, 6.45) is 4.51. The first-order chi connectivity index (χ1) is 8.09. The van der Waals surface area contributed by atoms with Crippen molar-refractivity contribution in [2.75, 3.05) is 13.1 Å². The highest BCUT2D eigenvalue weighted by Crippen LogP contribution is 2.31. The second-order valence-corrected chi connectivity index (χ2v) is 6.89. The second-order valence-electron chi connectivity index (χ2n) is 4.93. The van der Waals surface area contributed by atoms with Crippen LogP contribution in [0.15, 0.2) is 11.3 Å². The molecule has 0 N–H and O–H groups in total. The van der Waals surface area contributed by atoms with Gasteiger partial charge in [0.25, 0.3) is 5.91 Å². The van der Waals surface area contributed by atoms with Crippen LogP contribution in [0.25, 0.3) is 0 Å². The predicted octanol–water partition coefficient (Wildman–Crippen LogP) is 2.89. The average molecular weight is 349 g/mol. The molecule has 96 valence electrons. The van der Waals surface area contributed by atoms with Crippen molar-refractivity contribution < 1.29 is 9.53 Å². The van der Waals surface area contributed by atoms with E-state index in [1.165, 1.54) is 6.42 Å². The number of hydrogen-bond acceptors (Lipinski definition) is 2. The van der Waals surface area contributed by atoms with E-state index in [1.807, 2.05) is 11.8 Å². The molecule has 2 aliphatic rings. The molecule has 1 fully saturated rings. The molecule has 17 heavy (non-hydrogen) atoms. The van der Waals surface area contributed by atoms with Crippen LogP contribution >= 0.6 is 22.6 Å². The number of nitrogens with zero attached hydrogens (tertiary/aromatic N) is 1. The molecule has 0 aromatic heterocycles. The minimum atomic E-state index is 0.180. The van der Waals surface area contributed by atoms with Gasteiger partial charge in [0.05, 0.1) is 5.57 Å². The number of likely N-dealkylation sites (tertiary alicyclic amines) is 1. The number of halogens is 1. The fourth-order valence-electron chi connectivity index (χ4n) is 2.47. The zero-order valence-corrected chi connectivity index (χ0v) is 12.7.